The SMILES string of the molecule is CCCCOCCOc1cc(Cl)ccc1C(N)=NO. The highest BCUT2D eigenvalue weighted by Crippen LogP contribution is 2.23. The first-order valence-electron chi connectivity index (χ1n) is 6.17. The molecular weight excluding hydrogens is 268 g/mol. The van der Waals surface area contributed by atoms with Crippen LogP contribution in [0.15, 0.2) is 23.4 Å². The van der Waals surface area contributed by atoms with Gasteiger partial charge in [0.05, 0.1) is 12.2 Å². The number of hydrogen-bond donors (Lipinski definition) is 2. The monoisotopic (exact) mass is 286 g/mol. The van der Waals surface area contributed by atoms with E-state index in [1.54, 1.807) is 18.2 Å². The molecule has 0 amide bonds. The number of hydrogen-bond acceptors (Lipinski definition) is 4. The van der Waals surface area contributed by atoms with Crippen LogP contribution in [0.5, 0.6) is 5.75 Å². The van der Waals surface area contributed by atoms with E-state index in [0.29, 0.717) is 29.5 Å². The highest BCUT2D eigenvalue weighted by Gasteiger charge is 2.09. The Morgan fingerprint density at radius 1 is 1.37 bits per heavy atom. The summed E-state index contributed by atoms with van der Waals surface area (Å²) in [4.78, 5) is 0. The van der Waals surface area contributed by atoms with E-state index in [1.165, 1.54) is 0 Å². The molecule has 0 saturated carbocycles. The summed E-state index contributed by atoms with van der Waals surface area (Å²) in [6, 6.07) is 4.92. The molecule has 0 fully saturated rings. The molecule has 0 aliphatic carbocycles. The predicted octanol–water partition coefficient (Wildman–Crippen LogP) is 2.63. The lowest BCUT2D eigenvalue weighted by atomic mass is 10.2. The summed E-state index contributed by atoms with van der Waals surface area (Å²) in [5.41, 5.74) is 6.06. The average Bonchev–Trinajstić information content (AvgIpc) is 2.42. The zero-order chi connectivity index (χ0) is 14.1. The smallest absolute Gasteiger partial charge is 0.173 e. The van der Waals surface area contributed by atoms with Gasteiger partial charge in [0.25, 0.3) is 0 Å². The third-order valence-electron chi connectivity index (χ3n) is 2.45. The second kappa shape index (κ2) is 8.61. The molecule has 0 heterocycles. The van der Waals surface area contributed by atoms with Gasteiger partial charge >= 0.3 is 0 Å². The van der Waals surface area contributed by atoms with Crippen LogP contribution in [-0.2, 0) is 4.74 Å². The highest BCUT2D eigenvalue weighted by atomic mass is 35.5. The molecule has 0 unspecified atom stereocenters. The van der Waals surface area contributed by atoms with Crippen LogP contribution in [0.25, 0.3) is 0 Å². The molecule has 6 heteroatoms. The van der Waals surface area contributed by atoms with Gasteiger partial charge in [-0.2, -0.15) is 0 Å². The van der Waals surface area contributed by atoms with Crippen LogP contribution in [-0.4, -0.2) is 30.9 Å². The zero-order valence-corrected chi connectivity index (χ0v) is 11.7. The largest absolute Gasteiger partial charge is 0.490 e. The van der Waals surface area contributed by atoms with Crippen molar-refractivity contribution in [3.63, 3.8) is 0 Å². The molecule has 0 aliphatic rings. The summed E-state index contributed by atoms with van der Waals surface area (Å²) in [7, 11) is 0. The van der Waals surface area contributed by atoms with Crippen LogP contribution in [0.1, 0.15) is 25.3 Å². The standard InChI is InChI=1S/C13H19ClN2O3/c1-2-3-6-18-7-8-19-12-9-10(14)4-5-11(12)13(15)16-17/h4-5,9,17H,2-3,6-8H2,1H3,(H2,15,16). The fourth-order valence-electron chi connectivity index (χ4n) is 1.44. The molecule has 0 spiro atoms. The van der Waals surface area contributed by atoms with Crippen molar-refractivity contribution in [2.45, 2.75) is 19.8 Å². The van der Waals surface area contributed by atoms with Gasteiger partial charge in [-0.1, -0.05) is 30.1 Å². The van der Waals surface area contributed by atoms with Gasteiger partial charge in [-0.25, -0.2) is 0 Å². The lowest BCUT2D eigenvalue weighted by molar-refractivity contribution is 0.0980. The Kier molecular flexibility index (Phi) is 7.07. The van der Waals surface area contributed by atoms with E-state index in [4.69, 9.17) is 32.0 Å². The molecule has 0 saturated heterocycles. The minimum absolute atomic E-state index is 0.0152. The number of unbranched alkanes of at least 4 members (excludes halogenated alkanes) is 1. The first kappa shape index (κ1) is 15.6. The van der Waals surface area contributed by atoms with Crippen LogP contribution < -0.4 is 10.5 Å². The van der Waals surface area contributed by atoms with Crippen molar-refractivity contribution in [1.29, 1.82) is 0 Å². The summed E-state index contributed by atoms with van der Waals surface area (Å²) in [6.07, 6.45) is 2.13. The van der Waals surface area contributed by atoms with Crippen molar-refractivity contribution >= 4 is 17.4 Å². The van der Waals surface area contributed by atoms with Crippen molar-refractivity contribution in [2.24, 2.45) is 10.9 Å². The number of oxime groups is 1. The first-order valence-corrected chi connectivity index (χ1v) is 6.54. The molecule has 106 valence electrons. The van der Waals surface area contributed by atoms with E-state index in [0.717, 1.165) is 19.4 Å². The lowest BCUT2D eigenvalue weighted by Gasteiger charge is -2.11. The zero-order valence-electron chi connectivity index (χ0n) is 10.9. The number of amidine groups is 1. The maximum absolute atomic E-state index is 8.70. The van der Waals surface area contributed by atoms with Crippen LogP contribution in [0.4, 0.5) is 0 Å². The number of benzene rings is 1. The van der Waals surface area contributed by atoms with Crippen molar-refractivity contribution in [2.75, 3.05) is 19.8 Å². The second-order valence-electron chi connectivity index (χ2n) is 3.94. The molecule has 0 atom stereocenters. The Morgan fingerprint density at radius 2 is 2.16 bits per heavy atom. The normalized spacial score (nSPS) is 11.6. The summed E-state index contributed by atoms with van der Waals surface area (Å²) in [5, 5.41) is 12.2. The van der Waals surface area contributed by atoms with Crippen molar-refractivity contribution in [3.8, 4) is 5.75 Å². The Morgan fingerprint density at radius 3 is 2.84 bits per heavy atom. The topological polar surface area (TPSA) is 77.1 Å². The molecule has 0 aliphatic heterocycles. The molecule has 19 heavy (non-hydrogen) atoms. The van der Waals surface area contributed by atoms with Crippen LogP contribution >= 0.6 is 11.6 Å². The first-order chi connectivity index (χ1) is 9.19. The number of nitrogens with two attached hydrogens (primary N) is 1. The van der Waals surface area contributed by atoms with E-state index in [-0.39, 0.29) is 5.84 Å². The Balaban J connectivity index is 2.54. The maximum atomic E-state index is 8.70. The van der Waals surface area contributed by atoms with Gasteiger partial charge in [-0.05, 0) is 24.6 Å². The van der Waals surface area contributed by atoms with Crippen LogP contribution in [0, 0.1) is 0 Å². The Labute approximate surface area is 117 Å². The Hall–Kier alpha value is -1.46. The second-order valence-corrected chi connectivity index (χ2v) is 4.38. The fraction of sp³-hybridized carbons (Fsp3) is 0.462. The molecular formula is C13H19ClN2O3. The van der Waals surface area contributed by atoms with E-state index < -0.39 is 0 Å². The Bertz CT molecular complexity index is 424. The third-order valence-corrected chi connectivity index (χ3v) is 2.69. The van der Waals surface area contributed by atoms with Crippen LogP contribution in [0.2, 0.25) is 5.02 Å². The molecule has 1 rings (SSSR count). The van der Waals surface area contributed by atoms with Crippen LogP contribution in [0.3, 0.4) is 0 Å². The van der Waals surface area contributed by atoms with Gasteiger partial charge in [0.1, 0.15) is 12.4 Å². The van der Waals surface area contributed by atoms with Crippen molar-refractivity contribution in [3.05, 3.63) is 28.8 Å². The van der Waals surface area contributed by atoms with E-state index in [9.17, 15) is 0 Å². The summed E-state index contributed by atoms with van der Waals surface area (Å²) < 4.78 is 10.9. The number of nitrogens with zero attached hydrogens (tertiary/aromatic N) is 1. The van der Waals surface area contributed by atoms with Gasteiger partial charge < -0.3 is 20.4 Å². The lowest BCUT2D eigenvalue weighted by Crippen LogP contribution is -2.16. The highest BCUT2D eigenvalue weighted by molar-refractivity contribution is 6.30. The van der Waals surface area contributed by atoms with E-state index >= 15 is 0 Å². The maximum Gasteiger partial charge on any atom is 0.173 e. The molecule has 0 bridgehead atoms. The molecule has 0 radical (unpaired) electrons. The minimum Gasteiger partial charge on any atom is -0.490 e. The number of ether oxygens (including phenoxy) is 2. The average molecular weight is 287 g/mol. The van der Waals surface area contributed by atoms with Crippen molar-refractivity contribution < 1.29 is 14.7 Å². The van der Waals surface area contributed by atoms with Crippen molar-refractivity contribution in [1.82, 2.24) is 0 Å². The number of halogens is 1. The van der Waals surface area contributed by atoms with Gasteiger partial charge in [0.2, 0.25) is 0 Å². The molecule has 0 aromatic heterocycles. The van der Waals surface area contributed by atoms with Gasteiger partial charge in [0.15, 0.2) is 5.84 Å². The van der Waals surface area contributed by atoms with Gasteiger partial charge in [-0.15, -0.1) is 0 Å². The van der Waals surface area contributed by atoms with Gasteiger partial charge in [-0.3, -0.25) is 0 Å². The molecule has 1 aromatic rings. The van der Waals surface area contributed by atoms with Gasteiger partial charge in [0, 0.05) is 11.6 Å². The third kappa shape index (κ3) is 5.36. The predicted molar refractivity (Wildman–Crippen MR) is 75.2 cm³/mol. The minimum atomic E-state index is -0.0152. The van der Waals surface area contributed by atoms with E-state index in [2.05, 4.69) is 12.1 Å². The fourth-order valence-corrected chi connectivity index (χ4v) is 1.60. The number of rotatable bonds is 8. The summed E-state index contributed by atoms with van der Waals surface area (Å²) in [5.74, 6) is 0.459. The summed E-state index contributed by atoms with van der Waals surface area (Å²) >= 11 is 5.89. The molecule has 3 N–H and O–H groups in total. The summed E-state index contributed by atoms with van der Waals surface area (Å²) in [6.45, 7) is 3.70. The molecule has 1 aromatic carbocycles. The molecule has 5 nitrogen and oxygen atoms in total. The van der Waals surface area contributed by atoms with E-state index in [1.807, 2.05) is 0 Å². The quantitative estimate of drug-likeness (QED) is 0.253.